The second kappa shape index (κ2) is 5.78. The maximum absolute atomic E-state index is 13.2. The summed E-state index contributed by atoms with van der Waals surface area (Å²) in [7, 11) is 0. The minimum absolute atomic E-state index is 0.131. The van der Waals surface area contributed by atoms with E-state index in [1.165, 1.54) is 12.3 Å². The molecule has 1 saturated carbocycles. The van der Waals surface area contributed by atoms with Crippen molar-refractivity contribution < 1.29 is 13.9 Å². The first-order valence-electron chi connectivity index (χ1n) is 6.87. The van der Waals surface area contributed by atoms with Gasteiger partial charge in [0.2, 0.25) is 0 Å². The molecule has 0 saturated heterocycles. The van der Waals surface area contributed by atoms with E-state index in [0.717, 1.165) is 19.0 Å². The zero-order chi connectivity index (χ0) is 13.9. The minimum atomic E-state index is -0.781. The second-order valence-corrected chi connectivity index (χ2v) is 5.33. The van der Waals surface area contributed by atoms with Crippen molar-refractivity contribution >= 4 is 5.78 Å². The van der Waals surface area contributed by atoms with Gasteiger partial charge in [-0.3, -0.25) is 9.78 Å². The van der Waals surface area contributed by atoms with E-state index in [1.807, 2.05) is 6.92 Å². The topological polar surface area (TPSA) is 39.2 Å². The Morgan fingerprint density at radius 3 is 2.74 bits per heavy atom. The van der Waals surface area contributed by atoms with Gasteiger partial charge in [0.05, 0.1) is 6.20 Å². The quantitative estimate of drug-likeness (QED) is 0.783. The average molecular weight is 265 g/mol. The van der Waals surface area contributed by atoms with Crippen LogP contribution in [0.4, 0.5) is 4.39 Å². The lowest BCUT2D eigenvalue weighted by Crippen LogP contribution is -2.44. The van der Waals surface area contributed by atoms with Gasteiger partial charge in [-0.1, -0.05) is 6.92 Å². The van der Waals surface area contributed by atoms with Crippen molar-refractivity contribution in [1.29, 1.82) is 0 Å². The summed E-state index contributed by atoms with van der Waals surface area (Å²) in [4.78, 5) is 16.4. The van der Waals surface area contributed by atoms with Crippen molar-refractivity contribution in [2.24, 2.45) is 5.92 Å². The SMILES string of the molecule is CCOC1(C(=O)c2cncc(F)c2)CCC(C)CC1. The molecular formula is C15H20FNO2. The normalized spacial score (nSPS) is 27.2. The van der Waals surface area contributed by atoms with Crippen molar-refractivity contribution in [3.05, 3.63) is 29.8 Å². The molecule has 104 valence electrons. The Bertz CT molecular complexity index is 453. The van der Waals surface area contributed by atoms with Gasteiger partial charge in [-0.15, -0.1) is 0 Å². The summed E-state index contributed by atoms with van der Waals surface area (Å²) in [6.45, 7) is 4.56. The van der Waals surface area contributed by atoms with Crippen LogP contribution in [0.3, 0.4) is 0 Å². The molecule has 1 aliphatic carbocycles. The summed E-state index contributed by atoms with van der Waals surface area (Å²) in [5, 5.41) is 0. The van der Waals surface area contributed by atoms with Gasteiger partial charge in [0.25, 0.3) is 0 Å². The summed E-state index contributed by atoms with van der Waals surface area (Å²) in [5.74, 6) is 0.00180. The standard InChI is InChI=1S/C15H20FNO2/c1-3-19-15(6-4-11(2)5-7-15)14(18)12-8-13(16)10-17-9-12/h8-11H,3-7H2,1-2H3. The van der Waals surface area contributed by atoms with E-state index in [-0.39, 0.29) is 5.78 Å². The predicted molar refractivity (Wildman–Crippen MR) is 70.5 cm³/mol. The number of Topliss-reactive ketones (excluding diaryl/α,β-unsaturated/α-hetero) is 1. The Morgan fingerprint density at radius 1 is 1.47 bits per heavy atom. The number of pyridine rings is 1. The number of ketones is 1. The van der Waals surface area contributed by atoms with E-state index in [1.54, 1.807) is 0 Å². The fourth-order valence-corrected chi connectivity index (χ4v) is 2.74. The smallest absolute Gasteiger partial charge is 0.196 e. The summed E-state index contributed by atoms with van der Waals surface area (Å²) in [6, 6.07) is 1.24. The maximum Gasteiger partial charge on any atom is 0.196 e. The molecule has 1 aliphatic rings. The van der Waals surface area contributed by atoms with Gasteiger partial charge in [-0.05, 0) is 44.6 Å². The molecular weight excluding hydrogens is 245 g/mol. The van der Waals surface area contributed by atoms with Crippen LogP contribution in [-0.4, -0.2) is 23.0 Å². The van der Waals surface area contributed by atoms with E-state index >= 15 is 0 Å². The number of ether oxygens (including phenoxy) is 1. The summed E-state index contributed by atoms with van der Waals surface area (Å²) >= 11 is 0. The molecule has 0 aromatic carbocycles. The zero-order valence-electron chi connectivity index (χ0n) is 11.5. The van der Waals surface area contributed by atoms with Crippen LogP contribution >= 0.6 is 0 Å². The van der Waals surface area contributed by atoms with E-state index < -0.39 is 11.4 Å². The van der Waals surface area contributed by atoms with Gasteiger partial charge in [-0.2, -0.15) is 0 Å². The summed E-state index contributed by atoms with van der Waals surface area (Å²) in [5.41, 5.74) is -0.473. The lowest BCUT2D eigenvalue weighted by molar-refractivity contribution is -0.0474. The predicted octanol–water partition coefficient (Wildman–Crippen LogP) is 3.39. The largest absolute Gasteiger partial charge is 0.367 e. The van der Waals surface area contributed by atoms with Crippen molar-refractivity contribution in [3.8, 4) is 0 Å². The van der Waals surface area contributed by atoms with Crippen molar-refractivity contribution in [1.82, 2.24) is 4.98 Å². The number of hydrogen-bond donors (Lipinski definition) is 0. The summed E-state index contributed by atoms with van der Waals surface area (Å²) < 4.78 is 19.0. The number of halogens is 1. The van der Waals surface area contributed by atoms with Crippen LogP contribution in [0.15, 0.2) is 18.5 Å². The number of nitrogens with zero attached hydrogens (tertiary/aromatic N) is 1. The van der Waals surface area contributed by atoms with Gasteiger partial charge in [0.1, 0.15) is 11.4 Å². The molecule has 0 atom stereocenters. The molecule has 3 nitrogen and oxygen atoms in total. The molecule has 0 unspecified atom stereocenters. The van der Waals surface area contributed by atoms with Crippen LogP contribution < -0.4 is 0 Å². The molecule has 0 amide bonds. The van der Waals surface area contributed by atoms with Crippen molar-refractivity contribution in [2.75, 3.05) is 6.61 Å². The molecule has 0 radical (unpaired) electrons. The maximum atomic E-state index is 13.2. The Balaban J connectivity index is 2.26. The van der Waals surface area contributed by atoms with Crippen LogP contribution in [-0.2, 0) is 4.74 Å². The van der Waals surface area contributed by atoms with Gasteiger partial charge in [0.15, 0.2) is 5.78 Å². The minimum Gasteiger partial charge on any atom is -0.367 e. The van der Waals surface area contributed by atoms with Crippen molar-refractivity contribution in [2.45, 2.75) is 45.1 Å². The third-order valence-corrected chi connectivity index (χ3v) is 3.88. The second-order valence-electron chi connectivity index (χ2n) is 5.33. The fraction of sp³-hybridized carbons (Fsp3) is 0.600. The molecule has 0 aliphatic heterocycles. The molecule has 1 aromatic heterocycles. The molecule has 4 heteroatoms. The Kier molecular flexibility index (Phi) is 4.30. The van der Waals surface area contributed by atoms with E-state index in [4.69, 9.17) is 4.74 Å². The average Bonchev–Trinajstić information content (AvgIpc) is 2.41. The van der Waals surface area contributed by atoms with Gasteiger partial charge < -0.3 is 4.74 Å². The van der Waals surface area contributed by atoms with Crippen LogP contribution in [0.1, 0.15) is 49.9 Å². The van der Waals surface area contributed by atoms with Crippen LogP contribution in [0.5, 0.6) is 0 Å². The van der Waals surface area contributed by atoms with Crippen molar-refractivity contribution in [3.63, 3.8) is 0 Å². The molecule has 0 spiro atoms. The highest BCUT2D eigenvalue weighted by Gasteiger charge is 2.42. The van der Waals surface area contributed by atoms with Gasteiger partial charge >= 0.3 is 0 Å². The van der Waals surface area contributed by atoms with E-state index in [0.29, 0.717) is 30.9 Å². The number of carbonyl (C=O) groups is 1. The molecule has 0 bridgehead atoms. The van der Waals surface area contributed by atoms with E-state index in [2.05, 4.69) is 11.9 Å². The summed E-state index contributed by atoms with van der Waals surface area (Å²) in [6.07, 6.45) is 5.87. The highest BCUT2D eigenvalue weighted by Crippen LogP contribution is 2.37. The van der Waals surface area contributed by atoms with Gasteiger partial charge in [-0.25, -0.2) is 4.39 Å². The molecule has 19 heavy (non-hydrogen) atoms. The molecule has 2 rings (SSSR count). The Morgan fingerprint density at radius 2 is 2.16 bits per heavy atom. The number of aromatic nitrogens is 1. The molecule has 1 fully saturated rings. The first-order valence-corrected chi connectivity index (χ1v) is 6.87. The highest BCUT2D eigenvalue weighted by molar-refractivity contribution is 6.02. The third-order valence-electron chi connectivity index (χ3n) is 3.88. The number of hydrogen-bond acceptors (Lipinski definition) is 3. The molecule has 0 N–H and O–H groups in total. The Labute approximate surface area is 113 Å². The molecule has 1 aromatic rings. The number of carbonyl (C=O) groups excluding carboxylic acids is 1. The van der Waals surface area contributed by atoms with Crippen LogP contribution in [0.2, 0.25) is 0 Å². The Hall–Kier alpha value is -1.29. The number of rotatable bonds is 4. The van der Waals surface area contributed by atoms with Crippen LogP contribution in [0.25, 0.3) is 0 Å². The lowest BCUT2D eigenvalue weighted by Gasteiger charge is -2.37. The first-order chi connectivity index (χ1) is 9.07. The third kappa shape index (κ3) is 3.00. The highest BCUT2D eigenvalue weighted by atomic mass is 19.1. The van der Waals surface area contributed by atoms with Gasteiger partial charge in [0, 0.05) is 18.4 Å². The first kappa shape index (κ1) is 14.1. The van der Waals surface area contributed by atoms with E-state index in [9.17, 15) is 9.18 Å². The monoisotopic (exact) mass is 265 g/mol. The molecule has 1 heterocycles. The fourth-order valence-electron chi connectivity index (χ4n) is 2.74. The lowest BCUT2D eigenvalue weighted by atomic mass is 9.75. The van der Waals surface area contributed by atoms with Crippen LogP contribution in [0, 0.1) is 11.7 Å². The zero-order valence-corrected chi connectivity index (χ0v) is 11.5.